The molecule has 0 bridgehead atoms. The van der Waals surface area contributed by atoms with Crippen LogP contribution in [-0.2, 0) is 11.3 Å². The zero-order valence-electron chi connectivity index (χ0n) is 15.8. The summed E-state index contributed by atoms with van der Waals surface area (Å²) in [4.78, 5) is 23.5. The lowest BCUT2D eigenvalue weighted by atomic mass is 9.98. The number of aryl methyl sites for hydroxylation is 1. The molecule has 0 aliphatic carbocycles. The van der Waals surface area contributed by atoms with E-state index in [0.717, 1.165) is 28.3 Å². The van der Waals surface area contributed by atoms with Crippen LogP contribution in [0.25, 0.3) is 11.6 Å². The van der Waals surface area contributed by atoms with Crippen LogP contribution in [0.4, 0.5) is 0 Å². The Morgan fingerprint density at radius 1 is 1.07 bits per heavy atom. The van der Waals surface area contributed by atoms with E-state index >= 15 is 0 Å². The highest BCUT2D eigenvalue weighted by Gasteiger charge is 2.10. The number of hydrogen-bond acceptors (Lipinski definition) is 2. The highest BCUT2D eigenvalue weighted by Crippen LogP contribution is 2.21. The molecule has 0 fully saturated rings. The van der Waals surface area contributed by atoms with Gasteiger partial charge in [0.2, 0.25) is 0 Å². The molecular weight excluding hydrogens is 350 g/mol. The summed E-state index contributed by atoms with van der Waals surface area (Å²) in [5.74, 6) is -1.30. The molecule has 2 rings (SSSR count). The van der Waals surface area contributed by atoms with Gasteiger partial charge in [-0.3, -0.25) is 4.79 Å². The third kappa shape index (κ3) is 5.95. The number of amides is 1. The van der Waals surface area contributed by atoms with Gasteiger partial charge >= 0.3 is 5.97 Å². The molecule has 2 aromatic rings. The van der Waals surface area contributed by atoms with Crippen LogP contribution in [-0.4, -0.2) is 17.0 Å². The Kier molecular flexibility index (Phi) is 7.28. The van der Waals surface area contributed by atoms with Gasteiger partial charge in [-0.05, 0) is 53.5 Å². The van der Waals surface area contributed by atoms with E-state index in [9.17, 15) is 9.59 Å². The lowest BCUT2D eigenvalue weighted by Crippen LogP contribution is -2.23. The second kappa shape index (κ2) is 9.88. The number of aliphatic carboxylic acids is 1. The van der Waals surface area contributed by atoms with Gasteiger partial charge in [0, 0.05) is 18.2 Å². The van der Waals surface area contributed by atoms with E-state index in [1.165, 1.54) is 6.08 Å². The molecule has 4 nitrogen and oxygen atoms in total. The molecular formula is C24H23NO3. The van der Waals surface area contributed by atoms with Gasteiger partial charge in [-0.1, -0.05) is 61.2 Å². The summed E-state index contributed by atoms with van der Waals surface area (Å²) in [7, 11) is 0. The highest BCUT2D eigenvalue weighted by atomic mass is 16.4. The number of hydrogen-bond donors (Lipinski definition) is 2. The summed E-state index contributed by atoms with van der Waals surface area (Å²) in [5, 5.41) is 11.8. The number of carbonyl (C=O) groups excluding carboxylic acids is 1. The van der Waals surface area contributed by atoms with Crippen LogP contribution in [0.3, 0.4) is 0 Å². The molecule has 28 heavy (non-hydrogen) atoms. The van der Waals surface area contributed by atoms with E-state index in [0.29, 0.717) is 17.7 Å². The van der Waals surface area contributed by atoms with E-state index in [4.69, 9.17) is 5.11 Å². The molecule has 142 valence electrons. The van der Waals surface area contributed by atoms with Gasteiger partial charge in [0.15, 0.2) is 0 Å². The number of benzene rings is 2. The Morgan fingerprint density at radius 3 is 2.36 bits per heavy atom. The average Bonchev–Trinajstić information content (AvgIpc) is 2.69. The van der Waals surface area contributed by atoms with Crippen molar-refractivity contribution in [3.8, 4) is 0 Å². The van der Waals surface area contributed by atoms with E-state index in [-0.39, 0.29) is 5.91 Å². The molecule has 2 N–H and O–H groups in total. The minimum atomic E-state index is -1.05. The summed E-state index contributed by atoms with van der Waals surface area (Å²) < 4.78 is 0. The Balaban J connectivity index is 2.33. The summed E-state index contributed by atoms with van der Waals surface area (Å²) in [6.45, 7) is 9.89. The molecule has 0 saturated carbocycles. The molecule has 0 spiro atoms. The molecule has 0 heterocycles. The largest absolute Gasteiger partial charge is 0.478 e. The molecule has 0 aliphatic rings. The Morgan fingerprint density at radius 2 is 1.75 bits per heavy atom. The standard InChI is InChI=1S/C24H23NO3/c1-4-6-20(5-2)21-13-19(11-12-23(26)27)14-22(15-21)24(28)25-16-18-9-7-17(3)8-10-18/h4-15H,1-2,16H2,3H3,(H,25,28)(H,26,27)/b12-11+,20-6+. The summed E-state index contributed by atoms with van der Waals surface area (Å²) >= 11 is 0. The van der Waals surface area contributed by atoms with Crippen molar-refractivity contribution in [2.24, 2.45) is 0 Å². The van der Waals surface area contributed by atoms with Crippen molar-refractivity contribution < 1.29 is 14.7 Å². The topological polar surface area (TPSA) is 66.4 Å². The SMILES string of the molecule is C=C/C=C(\C=C)c1cc(/C=C/C(=O)O)cc(C(=O)NCc2ccc(C)cc2)c1. The van der Waals surface area contributed by atoms with E-state index in [1.807, 2.05) is 31.2 Å². The number of carbonyl (C=O) groups is 2. The van der Waals surface area contributed by atoms with Crippen LogP contribution in [0.15, 0.2) is 79.9 Å². The fraction of sp³-hybridized carbons (Fsp3) is 0.0833. The average molecular weight is 373 g/mol. The van der Waals surface area contributed by atoms with Crippen molar-refractivity contribution in [2.45, 2.75) is 13.5 Å². The number of nitrogens with one attached hydrogen (secondary N) is 1. The zero-order valence-corrected chi connectivity index (χ0v) is 15.8. The number of carboxylic acids is 1. The second-order valence-corrected chi connectivity index (χ2v) is 6.25. The molecule has 0 radical (unpaired) electrons. The van der Waals surface area contributed by atoms with Crippen molar-refractivity contribution in [3.63, 3.8) is 0 Å². The molecule has 0 aromatic heterocycles. The van der Waals surface area contributed by atoms with Crippen LogP contribution in [0.1, 0.15) is 32.6 Å². The van der Waals surface area contributed by atoms with Crippen molar-refractivity contribution in [1.29, 1.82) is 0 Å². The predicted octanol–water partition coefficient (Wildman–Crippen LogP) is 4.78. The Labute approximate surface area is 165 Å². The van der Waals surface area contributed by atoms with Crippen molar-refractivity contribution in [1.82, 2.24) is 5.32 Å². The van der Waals surface area contributed by atoms with Gasteiger partial charge in [-0.25, -0.2) is 4.79 Å². The number of carboxylic acid groups (broad SMARTS) is 1. The zero-order chi connectivity index (χ0) is 20.5. The maximum Gasteiger partial charge on any atom is 0.328 e. The maximum atomic E-state index is 12.7. The molecule has 4 heteroatoms. The monoisotopic (exact) mass is 373 g/mol. The number of allylic oxidation sites excluding steroid dienone is 4. The smallest absolute Gasteiger partial charge is 0.328 e. The van der Waals surface area contributed by atoms with E-state index in [1.54, 1.807) is 36.4 Å². The Bertz CT molecular complexity index is 950. The van der Waals surface area contributed by atoms with Crippen molar-refractivity contribution in [3.05, 3.63) is 108 Å². The first-order valence-electron chi connectivity index (χ1n) is 8.78. The third-order valence-electron chi connectivity index (χ3n) is 4.06. The van der Waals surface area contributed by atoms with Crippen LogP contribution >= 0.6 is 0 Å². The van der Waals surface area contributed by atoms with Gasteiger partial charge in [0.05, 0.1) is 0 Å². The van der Waals surface area contributed by atoms with Gasteiger partial charge < -0.3 is 10.4 Å². The van der Waals surface area contributed by atoms with Crippen molar-refractivity contribution in [2.75, 3.05) is 0 Å². The summed E-state index contributed by atoms with van der Waals surface area (Å²) in [5.41, 5.74) is 4.74. The molecule has 0 saturated heterocycles. The predicted molar refractivity (Wildman–Crippen MR) is 114 cm³/mol. The van der Waals surface area contributed by atoms with E-state index < -0.39 is 5.97 Å². The maximum absolute atomic E-state index is 12.7. The molecule has 2 aromatic carbocycles. The Hall–Kier alpha value is -3.66. The quantitative estimate of drug-likeness (QED) is 0.517. The van der Waals surface area contributed by atoms with Gasteiger partial charge in [0.25, 0.3) is 5.91 Å². The van der Waals surface area contributed by atoms with Gasteiger partial charge in [-0.15, -0.1) is 0 Å². The first-order valence-corrected chi connectivity index (χ1v) is 8.78. The van der Waals surface area contributed by atoms with Crippen molar-refractivity contribution >= 4 is 23.5 Å². The normalized spacial score (nSPS) is 11.2. The summed E-state index contributed by atoms with van der Waals surface area (Å²) in [6.07, 6.45) is 7.57. The first kappa shape index (κ1) is 20.6. The van der Waals surface area contributed by atoms with Gasteiger partial charge in [0.1, 0.15) is 0 Å². The molecule has 1 amide bonds. The minimum Gasteiger partial charge on any atom is -0.478 e. The second-order valence-electron chi connectivity index (χ2n) is 6.25. The number of rotatable bonds is 8. The highest BCUT2D eigenvalue weighted by molar-refractivity contribution is 5.96. The minimum absolute atomic E-state index is 0.241. The van der Waals surface area contributed by atoms with Crippen LogP contribution in [0.5, 0.6) is 0 Å². The first-order chi connectivity index (χ1) is 13.4. The lowest BCUT2D eigenvalue weighted by Gasteiger charge is -2.10. The third-order valence-corrected chi connectivity index (χ3v) is 4.06. The summed E-state index contributed by atoms with van der Waals surface area (Å²) in [6, 6.07) is 13.1. The molecule has 0 aliphatic heterocycles. The molecule has 0 unspecified atom stereocenters. The fourth-order valence-electron chi connectivity index (χ4n) is 2.61. The van der Waals surface area contributed by atoms with Crippen LogP contribution < -0.4 is 5.32 Å². The van der Waals surface area contributed by atoms with Gasteiger partial charge in [-0.2, -0.15) is 0 Å². The van der Waals surface area contributed by atoms with E-state index in [2.05, 4.69) is 18.5 Å². The lowest BCUT2D eigenvalue weighted by molar-refractivity contribution is -0.131. The molecule has 0 atom stereocenters. The fourth-order valence-corrected chi connectivity index (χ4v) is 2.61. The van der Waals surface area contributed by atoms with Crippen LogP contribution in [0, 0.1) is 6.92 Å². The van der Waals surface area contributed by atoms with Crippen LogP contribution in [0.2, 0.25) is 0 Å².